The van der Waals surface area contributed by atoms with Gasteiger partial charge in [0, 0.05) is 11.8 Å². The van der Waals surface area contributed by atoms with E-state index in [0.29, 0.717) is 13.2 Å². The molecule has 0 saturated heterocycles. The van der Waals surface area contributed by atoms with Gasteiger partial charge < -0.3 is 14.8 Å². The van der Waals surface area contributed by atoms with Gasteiger partial charge in [-0.2, -0.15) is 0 Å². The highest BCUT2D eigenvalue weighted by Crippen LogP contribution is 2.15. The molecule has 1 N–H and O–H groups in total. The van der Waals surface area contributed by atoms with Crippen LogP contribution in [0.25, 0.3) is 0 Å². The van der Waals surface area contributed by atoms with Crippen LogP contribution in [-0.2, 0) is 22.7 Å². The van der Waals surface area contributed by atoms with Gasteiger partial charge in [0.2, 0.25) is 5.91 Å². The Morgan fingerprint density at radius 3 is 2.52 bits per heavy atom. The number of amides is 1. The van der Waals surface area contributed by atoms with Crippen molar-refractivity contribution in [3.63, 3.8) is 0 Å². The quantitative estimate of drug-likeness (QED) is 0.570. The Bertz CT molecular complexity index is 733. The van der Waals surface area contributed by atoms with Gasteiger partial charge in [0.25, 0.3) is 0 Å². The standard InChI is InChI=1S/C21H23NO3/c1-3-4-5-9-21(23)22-19-8-6-7-18(14-19)16-25-15-17-10-12-20(24-2)13-11-17/h3-14H,15-16H2,1-2H3,(H,22,23)/b4-3+,9-5+. The Morgan fingerprint density at radius 1 is 1.04 bits per heavy atom. The summed E-state index contributed by atoms with van der Waals surface area (Å²) in [6.07, 6.45) is 6.87. The molecule has 0 aromatic heterocycles. The molecule has 4 nitrogen and oxygen atoms in total. The summed E-state index contributed by atoms with van der Waals surface area (Å²) in [4.78, 5) is 11.8. The summed E-state index contributed by atoms with van der Waals surface area (Å²) in [6, 6.07) is 15.4. The molecule has 0 aliphatic heterocycles. The summed E-state index contributed by atoms with van der Waals surface area (Å²) in [5.74, 6) is 0.671. The number of methoxy groups -OCH3 is 1. The van der Waals surface area contributed by atoms with Crippen LogP contribution in [0.4, 0.5) is 5.69 Å². The van der Waals surface area contributed by atoms with Gasteiger partial charge in [-0.3, -0.25) is 4.79 Å². The lowest BCUT2D eigenvalue weighted by atomic mass is 10.2. The molecule has 1 amide bonds. The van der Waals surface area contributed by atoms with Crippen molar-refractivity contribution in [3.8, 4) is 5.75 Å². The monoisotopic (exact) mass is 337 g/mol. The van der Waals surface area contributed by atoms with Gasteiger partial charge >= 0.3 is 0 Å². The van der Waals surface area contributed by atoms with E-state index in [0.717, 1.165) is 22.6 Å². The van der Waals surface area contributed by atoms with E-state index in [-0.39, 0.29) is 5.91 Å². The maximum Gasteiger partial charge on any atom is 0.248 e. The molecule has 0 saturated carbocycles. The predicted molar refractivity (Wildman–Crippen MR) is 101 cm³/mol. The molecular weight excluding hydrogens is 314 g/mol. The fourth-order valence-electron chi connectivity index (χ4n) is 2.19. The zero-order valence-electron chi connectivity index (χ0n) is 14.6. The van der Waals surface area contributed by atoms with E-state index < -0.39 is 0 Å². The van der Waals surface area contributed by atoms with Crippen LogP contribution in [0.1, 0.15) is 18.1 Å². The lowest BCUT2D eigenvalue weighted by molar-refractivity contribution is -0.111. The maximum absolute atomic E-state index is 11.8. The van der Waals surface area contributed by atoms with Crippen LogP contribution in [0, 0.1) is 0 Å². The van der Waals surface area contributed by atoms with Crippen LogP contribution >= 0.6 is 0 Å². The summed E-state index contributed by atoms with van der Waals surface area (Å²) in [6.45, 7) is 2.90. The highest BCUT2D eigenvalue weighted by Gasteiger charge is 2.01. The number of hydrogen-bond acceptors (Lipinski definition) is 3. The second kappa shape index (κ2) is 10.1. The molecule has 130 valence electrons. The van der Waals surface area contributed by atoms with Crippen LogP contribution in [-0.4, -0.2) is 13.0 Å². The lowest BCUT2D eigenvalue weighted by Gasteiger charge is -2.08. The van der Waals surface area contributed by atoms with Crippen LogP contribution in [0.15, 0.2) is 72.8 Å². The number of hydrogen-bond donors (Lipinski definition) is 1. The molecule has 0 aliphatic carbocycles. The van der Waals surface area contributed by atoms with E-state index in [1.165, 1.54) is 6.08 Å². The predicted octanol–water partition coefficient (Wildman–Crippen LogP) is 4.48. The normalized spacial score (nSPS) is 11.1. The molecule has 0 unspecified atom stereocenters. The summed E-state index contributed by atoms with van der Waals surface area (Å²) in [7, 11) is 1.65. The van der Waals surface area contributed by atoms with Crippen molar-refractivity contribution < 1.29 is 14.3 Å². The Labute approximate surface area is 148 Å². The molecule has 0 atom stereocenters. The first-order valence-corrected chi connectivity index (χ1v) is 8.11. The van der Waals surface area contributed by atoms with Crippen molar-refractivity contribution in [1.29, 1.82) is 0 Å². The molecular formula is C21H23NO3. The molecule has 0 heterocycles. The van der Waals surface area contributed by atoms with E-state index in [9.17, 15) is 4.79 Å². The van der Waals surface area contributed by atoms with Crippen molar-refractivity contribution >= 4 is 11.6 Å². The van der Waals surface area contributed by atoms with Gasteiger partial charge in [0.15, 0.2) is 0 Å². The van der Waals surface area contributed by atoms with E-state index in [1.807, 2.05) is 67.6 Å². The summed E-state index contributed by atoms with van der Waals surface area (Å²) < 4.78 is 10.9. The van der Waals surface area contributed by atoms with Crippen molar-refractivity contribution in [1.82, 2.24) is 0 Å². The third-order valence-electron chi connectivity index (χ3n) is 3.44. The average Bonchev–Trinajstić information content (AvgIpc) is 2.63. The Balaban J connectivity index is 1.85. The molecule has 0 radical (unpaired) electrons. The van der Waals surface area contributed by atoms with Gasteiger partial charge in [-0.1, -0.05) is 42.5 Å². The SMILES string of the molecule is C/C=C/C=C/C(=O)Nc1cccc(COCc2ccc(OC)cc2)c1. The third-order valence-corrected chi connectivity index (χ3v) is 3.44. The molecule has 2 aromatic rings. The van der Waals surface area contributed by atoms with E-state index >= 15 is 0 Å². The molecule has 2 rings (SSSR count). The van der Waals surface area contributed by atoms with E-state index in [4.69, 9.17) is 9.47 Å². The van der Waals surface area contributed by atoms with Crippen molar-refractivity contribution in [2.75, 3.05) is 12.4 Å². The second-order valence-electron chi connectivity index (χ2n) is 5.42. The summed E-state index contributed by atoms with van der Waals surface area (Å²) >= 11 is 0. The van der Waals surface area contributed by atoms with Gasteiger partial charge in [-0.05, 0) is 42.3 Å². The molecule has 0 bridgehead atoms. The second-order valence-corrected chi connectivity index (χ2v) is 5.42. The number of anilines is 1. The van der Waals surface area contributed by atoms with E-state index in [1.54, 1.807) is 13.2 Å². The van der Waals surface area contributed by atoms with Crippen LogP contribution in [0.5, 0.6) is 5.75 Å². The first-order chi connectivity index (χ1) is 12.2. The van der Waals surface area contributed by atoms with Gasteiger partial charge in [-0.25, -0.2) is 0 Å². The Kier molecular flexibility index (Phi) is 7.47. The molecule has 25 heavy (non-hydrogen) atoms. The number of allylic oxidation sites excluding steroid dienone is 3. The minimum Gasteiger partial charge on any atom is -0.497 e. The molecule has 0 spiro atoms. The molecule has 4 heteroatoms. The smallest absolute Gasteiger partial charge is 0.248 e. The molecule has 0 fully saturated rings. The summed E-state index contributed by atoms with van der Waals surface area (Å²) in [5.41, 5.74) is 2.84. The average molecular weight is 337 g/mol. The topological polar surface area (TPSA) is 47.6 Å². The van der Waals surface area contributed by atoms with Gasteiger partial charge in [-0.15, -0.1) is 0 Å². The number of carbonyl (C=O) groups is 1. The zero-order valence-corrected chi connectivity index (χ0v) is 14.6. The largest absolute Gasteiger partial charge is 0.497 e. The van der Waals surface area contributed by atoms with Crippen molar-refractivity contribution in [3.05, 3.63) is 84.0 Å². The van der Waals surface area contributed by atoms with Crippen LogP contribution < -0.4 is 10.1 Å². The highest BCUT2D eigenvalue weighted by molar-refractivity contribution is 5.99. The highest BCUT2D eigenvalue weighted by atomic mass is 16.5. The van der Waals surface area contributed by atoms with E-state index in [2.05, 4.69) is 5.32 Å². The van der Waals surface area contributed by atoms with Crippen molar-refractivity contribution in [2.45, 2.75) is 20.1 Å². The number of benzene rings is 2. The first-order valence-electron chi connectivity index (χ1n) is 8.11. The van der Waals surface area contributed by atoms with Crippen molar-refractivity contribution in [2.24, 2.45) is 0 Å². The summed E-state index contributed by atoms with van der Waals surface area (Å²) in [5, 5.41) is 2.83. The minimum atomic E-state index is -0.158. The molecule has 2 aromatic carbocycles. The lowest BCUT2D eigenvalue weighted by Crippen LogP contribution is -2.08. The van der Waals surface area contributed by atoms with Crippen LogP contribution in [0.2, 0.25) is 0 Å². The van der Waals surface area contributed by atoms with Crippen LogP contribution in [0.3, 0.4) is 0 Å². The zero-order chi connectivity index (χ0) is 17.9. The maximum atomic E-state index is 11.8. The number of nitrogens with one attached hydrogen (secondary N) is 1. The minimum absolute atomic E-state index is 0.158. The Morgan fingerprint density at radius 2 is 1.80 bits per heavy atom. The first kappa shape index (κ1) is 18.5. The number of carbonyl (C=O) groups excluding carboxylic acids is 1. The number of rotatable bonds is 8. The van der Waals surface area contributed by atoms with Gasteiger partial charge in [0.05, 0.1) is 20.3 Å². The fourth-order valence-corrected chi connectivity index (χ4v) is 2.19. The molecule has 0 aliphatic rings. The third kappa shape index (κ3) is 6.65. The Hall–Kier alpha value is -2.85. The fraction of sp³-hybridized carbons (Fsp3) is 0.190. The number of ether oxygens (including phenoxy) is 2. The van der Waals surface area contributed by atoms with Gasteiger partial charge in [0.1, 0.15) is 5.75 Å².